The third kappa shape index (κ3) is 2.13. The van der Waals surface area contributed by atoms with Crippen LogP contribution in [0.3, 0.4) is 0 Å². The summed E-state index contributed by atoms with van der Waals surface area (Å²) < 4.78 is 10.1. The van der Waals surface area contributed by atoms with Crippen LogP contribution in [0.2, 0.25) is 0 Å². The molecule has 90 valence electrons. The molecule has 5 nitrogen and oxygen atoms in total. The van der Waals surface area contributed by atoms with Crippen molar-refractivity contribution in [2.24, 2.45) is 0 Å². The average Bonchev–Trinajstić information content (AvgIpc) is 2.71. The van der Waals surface area contributed by atoms with Crippen molar-refractivity contribution in [1.29, 1.82) is 0 Å². The van der Waals surface area contributed by atoms with Crippen LogP contribution < -0.4 is 5.30 Å². The molecule has 0 atom stereocenters. The van der Waals surface area contributed by atoms with Gasteiger partial charge in [-0.05, 0) is 0 Å². The van der Waals surface area contributed by atoms with E-state index in [0.717, 1.165) is 5.56 Å². The molecule has 0 spiro atoms. The molecule has 1 aromatic carbocycles. The molecule has 0 unspecified atom stereocenters. The van der Waals surface area contributed by atoms with Crippen LogP contribution in [0.5, 0.6) is 0 Å². The summed E-state index contributed by atoms with van der Waals surface area (Å²) in [6, 6.07) is 6.37. The van der Waals surface area contributed by atoms with Gasteiger partial charge in [-0.1, -0.05) is 0 Å². The normalized spacial score (nSPS) is 20.6. The molecule has 1 aliphatic heterocycles. The van der Waals surface area contributed by atoms with Crippen molar-refractivity contribution in [3.05, 3.63) is 29.8 Å². The summed E-state index contributed by atoms with van der Waals surface area (Å²) in [5.74, 6) is 0. The molecule has 3 N–H and O–H groups in total. The first kappa shape index (κ1) is 12.3. The number of hydrogen-bond donors (Lipinski definition) is 3. The van der Waals surface area contributed by atoms with E-state index in [4.69, 9.17) is 9.05 Å². The second-order valence-electron chi connectivity index (χ2n) is 3.68. The van der Waals surface area contributed by atoms with Gasteiger partial charge in [-0.25, -0.2) is 0 Å². The van der Waals surface area contributed by atoms with Gasteiger partial charge in [-0.2, -0.15) is 0 Å². The number of hydrogen-bond acceptors (Lipinski definition) is 5. The molecule has 7 heteroatoms. The molecule has 2 rings (SSSR count). The molecule has 0 aliphatic carbocycles. The van der Waals surface area contributed by atoms with Gasteiger partial charge >= 0.3 is 94.0 Å². The Labute approximate surface area is 94.6 Å². The molecule has 1 saturated heterocycles. The zero-order valence-electron chi connectivity index (χ0n) is 8.78. The van der Waals surface area contributed by atoms with Crippen LogP contribution in [-0.4, -0.2) is 27.9 Å². The van der Waals surface area contributed by atoms with Gasteiger partial charge in [0.2, 0.25) is 0 Å². The molecular formula is C9H14O5P2. The van der Waals surface area contributed by atoms with Crippen LogP contribution >= 0.6 is 15.0 Å². The number of aryl methyl sites for hydroxylation is 1. The molecule has 0 radical (unpaired) electrons. The summed E-state index contributed by atoms with van der Waals surface area (Å²) in [7, 11) is -2.06. The van der Waals surface area contributed by atoms with E-state index in [-0.39, 0.29) is 18.5 Å². The minimum absolute atomic E-state index is 0.0737. The third-order valence-electron chi connectivity index (χ3n) is 2.28. The summed E-state index contributed by atoms with van der Waals surface area (Å²) in [6.07, 6.45) is 0. The molecule has 1 heterocycles. The van der Waals surface area contributed by atoms with Crippen molar-refractivity contribution < 1.29 is 23.7 Å². The maximum absolute atomic E-state index is 10.1. The van der Waals surface area contributed by atoms with Gasteiger partial charge in [0.15, 0.2) is 0 Å². The topological polar surface area (TPSA) is 79.2 Å². The molecule has 0 saturated carbocycles. The molecule has 1 fully saturated rings. The van der Waals surface area contributed by atoms with E-state index in [2.05, 4.69) is 0 Å². The van der Waals surface area contributed by atoms with Crippen LogP contribution in [0, 0.1) is 6.92 Å². The monoisotopic (exact) mass is 264 g/mol. The minimum atomic E-state index is -5.03. The standard InChI is InChI=1S/C9H14O5P2/c1-8-2-4-9(5-3-8)16(10,11,12)15-13-6-7-14-15/h2-5,10-12H,6-7H2,1H3. The van der Waals surface area contributed by atoms with Crippen molar-refractivity contribution in [3.8, 4) is 0 Å². The Morgan fingerprint density at radius 3 is 2.06 bits per heavy atom. The second kappa shape index (κ2) is 3.97. The van der Waals surface area contributed by atoms with Crippen LogP contribution in [0.25, 0.3) is 0 Å². The van der Waals surface area contributed by atoms with E-state index in [1.807, 2.05) is 6.92 Å². The second-order valence-corrected chi connectivity index (χ2v) is 10.2. The summed E-state index contributed by atoms with van der Waals surface area (Å²) in [5, 5.41) is 0.0737. The van der Waals surface area contributed by atoms with Gasteiger partial charge in [-0.15, -0.1) is 0 Å². The summed E-state index contributed by atoms with van der Waals surface area (Å²) in [4.78, 5) is 30.2. The SMILES string of the molecule is Cc1ccc(P(O)(O)(O)P2OCCO2)cc1. The zero-order valence-corrected chi connectivity index (χ0v) is 10.6. The Bertz CT molecular complexity index is 377. The van der Waals surface area contributed by atoms with E-state index >= 15 is 0 Å². The zero-order chi connectivity index (χ0) is 11.8. The molecule has 0 bridgehead atoms. The van der Waals surface area contributed by atoms with Crippen molar-refractivity contribution in [2.75, 3.05) is 13.2 Å². The fourth-order valence-electron chi connectivity index (χ4n) is 1.39. The summed E-state index contributed by atoms with van der Waals surface area (Å²) in [6.45, 7) is -2.60. The van der Waals surface area contributed by atoms with Crippen molar-refractivity contribution >= 4 is 20.3 Å². The van der Waals surface area contributed by atoms with Gasteiger partial charge < -0.3 is 0 Å². The Balaban J connectivity index is 2.38. The van der Waals surface area contributed by atoms with Gasteiger partial charge in [0, 0.05) is 0 Å². The first-order valence-corrected chi connectivity index (χ1v) is 8.76. The van der Waals surface area contributed by atoms with Gasteiger partial charge in [0.1, 0.15) is 0 Å². The fourth-order valence-corrected chi connectivity index (χ4v) is 5.95. The van der Waals surface area contributed by atoms with Crippen molar-refractivity contribution in [2.45, 2.75) is 6.92 Å². The average molecular weight is 264 g/mol. The Morgan fingerprint density at radius 1 is 1.06 bits per heavy atom. The molecule has 1 aromatic rings. The van der Waals surface area contributed by atoms with Gasteiger partial charge in [-0.3, -0.25) is 0 Å². The third-order valence-corrected chi connectivity index (χ3v) is 8.10. The van der Waals surface area contributed by atoms with Crippen LogP contribution in [0.15, 0.2) is 24.3 Å². The predicted octanol–water partition coefficient (Wildman–Crippen LogP) is 1.17. The predicted molar refractivity (Wildman–Crippen MR) is 63.2 cm³/mol. The van der Waals surface area contributed by atoms with Crippen LogP contribution in [-0.2, 0) is 9.05 Å². The maximum atomic E-state index is 10.1. The summed E-state index contributed by atoms with van der Waals surface area (Å²) in [5.41, 5.74) is 0.969. The number of benzene rings is 1. The Hall–Kier alpha value is -0.120. The van der Waals surface area contributed by atoms with E-state index in [0.29, 0.717) is 0 Å². The van der Waals surface area contributed by atoms with Crippen LogP contribution in [0.4, 0.5) is 0 Å². The van der Waals surface area contributed by atoms with Gasteiger partial charge in [0.25, 0.3) is 0 Å². The molecule has 0 amide bonds. The molecule has 1 aliphatic rings. The van der Waals surface area contributed by atoms with Crippen molar-refractivity contribution in [1.82, 2.24) is 0 Å². The number of rotatable bonds is 2. The fraction of sp³-hybridized carbons (Fsp3) is 0.333. The van der Waals surface area contributed by atoms with E-state index < -0.39 is 15.0 Å². The first-order valence-electron chi connectivity index (χ1n) is 4.79. The first-order chi connectivity index (χ1) is 7.38. The van der Waals surface area contributed by atoms with Gasteiger partial charge in [0.05, 0.1) is 0 Å². The molecule has 16 heavy (non-hydrogen) atoms. The molecular weight excluding hydrogens is 250 g/mol. The molecule has 0 aromatic heterocycles. The quantitative estimate of drug-likeness (QED) is 0.699. The van der Waals surface area contributed by atoms with Crippen molar-refractivity contribution in [3.63, 3.8) is 0 Å². The summed E-state index contributed by atoms with van der Waals surface area (Å²) >= 11 is 0. The van der Waals surface area contributed by atoms with E-state index in [1.165, 1.54) is 12.1 Å². The van der Waals surface area contributed by atoms with Crippen LogP contribution in [0.1, 0.15) is 5.56 Å². The van der Waals surface area contributed by atoms with E-state index in [1.54, 1.807) is 12.1 Å². The Morgan fingerprint density at radius 2 is 1.56 bits per heavy atom. The van der Waals surface area contributed by atoms with E-state index in [9.17, 15) is 14.7 Å². The Kier molecular flexibility index (Phi) is 3.06.